The van der Waals surface area contributed by atoms with Gasteiger partial charge in [-0.25, -0.2) is 0 Å². The van der Waals surface area contributed by atoms with E-state index in [1.807, 2.05) is 0 Å². The quantitative estimate of drug-likeness (QED) is 0.810. The highest BCUT2D eigenvalue weighted by Gasteiger charge is 2.38. The monoisotopic (exact) mass is 253 g/mol. The number of likely N-dealkylation sites (tertiary alicyclic amines) is 1. The summed E-state index contributed by atoms with van der Waals surface area (Å²) < 4.78 is 0. The lowest BCUT2D eigenvalue weighted by Gasteiger charge is -2.31. The second kappa shape index (κ2) is 6.02. The molecule has 1 aliphatic carbocycles. The molecule has 1 amide bonds. The molecule has 0 bridgehead atoms. The molecule has 0 aromatic carbocycles. The van der Waals surface area contributed by atoms with Crippen molar-refractivity contribution in [2.45, 2.75) is 38.1 Å². The highest BCUT2D eigenvalue weighted by molar-refractivity contribution is 5.80. The third kappa shape index (κ3) is 2.86. The van der Waals surface area contributed by atoms with Crippen molar-refractivity contribution in [3.05, 3.63) is 0 Å². The van der Waals surface area contributed by atoms with Crippen molar-refractivity contribution >= 4 is 5.91 Å². The Hall–Kier alpha value is -0.610. The molecule has 2 N–H and O–H groups in total. The van der Waals surface area contributed by atoms with Crippen LogP contribution in [0.15, 0.2) is 0 Å². The fourth-order valence-electron chi connectivity index (χ4n) is 3.59. The third-order valence-electron chi connectivity index (χ3n) is 4.52. The number of hydrogen-bond acceptors (Lipinski definition) is 3. The van der Waals surface area contributed by atoms with E-state index in [0.717, 1.165) is 38.8 Å². The molecule has 18 heavy (non-hydrogen) atoms. The van der Waals surface area contributed by atoms with Crippen LogP contribution in [0.1, 0.15) is 32.1 Å². The van der Waals surface area contributed by atoms with Crippen LogP contribution in [0, 0.1) is 11.8 Å². The second-order valence-corrected chi connectivity index (χ2v) is 6.12. The van der Waals surface area contributed by atoms with E-state index < -0.39 is 0 Å². The molecule has 4 heteroatoms. The SMILES string of the molecule is CN(C)CC1CCCN1C(=O)C1CCCC1CN. The molecule has 104 valence electrons. The van der Waals surface area contributed by atoms with Gasteiger partial charge in [-0.1, -0.05) is 6.42 Å². The molecule has 2 fully saturated rings. The minimum Gasteiger partial charge on any atom is -0.338 e. The molecular formula is C14H27N3O. The van der Waals surface area contributed by atoms with Crippen LogP contribution in [0.3, 0.4) is 0 Å². The van der Waals surface area contributed by atoms with Gasteiger partial charge < -0.3 is 15.5 Å². The predicted molar refractivity (Wildman–Crippen MR) is 73.2 cm³/mol. The molecule has 3 unspecified atom stereocenters. The molecule has 1 heterocycles. The van der Waals surface area contributed by atoms with Crippen LogP contribution in [0.2, 0.25) is 0 Å². The van der Waals surface area contributed by atoms with Gasteiger partial charge in [-0.2, -0.15) is 0 Å². The van der Waals surface area contributed by atoms with Gasteiger partial charge in [0.15, 0.2) is 0 Å². The molecule has 1 saturated heterocycles. The first kappa shape index (κ1) is 13.8. The van der Waals surface area contributed by atoms with E-state index >= 15 is 0 Å². The number of nitrogens with two attached hydrogens (primary N) is 1. The Morgan fingerprint density at radius 1 is 1.28 bits per heavy atom. The van der Waals surface area contributed by atoms with Crippen LogP contribution in [0.5, 0.6) is 0 Å². The van der Waals surface area contributed by atoms with E-state index in [-0.39, 0.29) is 5.92 Å². The summed E-state index contributed by atoms with van der Waals surface area (Å²) in [6.45, 7) is 2.61. The van der Waals surface area contributed by atoms with Crippen LogP contribution in [-0.2, 0) is 4.79 Å². The third-order valence-corrected chi connectivity index (χ3v) is 4.52. The predicted octanol–water partition coefficient (Wildman–Crippen LogP) is 0.914. The fraction of sp³-hybridized carbons (Fsp3) is 0.929. The minimum atomic E-state index is 0.206. The van der Waals surface area contributed by atoms with E-state index in [4.69, 9.17) is 5.73 Å². The van der Waals surface area contributed by atoms with Crippen LogP contribution < -0.4 is 5.73 Å². The van der Waals surface area contributed by atoms with Gasteiger partial charge in [0.25, 0.3) is 0 Å². The topological polar surface area (TPSA) is 49.6 Å². The molecule has 4 nitrogen and oxygen atoms in total. The van der Waals surface area contributed by atoms with Gasteiger partial charge in [0.1, 0.15) is 0 Å². The van der Waals surface area contributed by atoms with Crippen LogP contribution >= 0.6 is 0 Å². The largest absolute Gasteiger partial charge is 0.338 e. The normalized spacial score (nSPS) is 32.4. The maximum absolute atomic E-state index is 12.7. The first-order valence-electron chi connectivity index (χ1n) is 7.28. The number of likely N-dealkylation sites (N-methyl/N-ethyl adjacent to an activating group) is 1. The van der Waals surface area contributed by atoms with Crippen molar-refractivity contribution in [3.8, 4) is 0 Å². The lowest BCUT2D eigenvalue weighted by atomic mass is 9.94. The van der Waals surface area contributed by atoms with Gasteiger partial charge >= 0.3 is 0 Å². The Balaban J connectivity index is 1.99. The molecular weight excluding hydrogens is 226 g/mol. The van der Waals surface area contributed by atoms with Gasteiger partial charge in [-0.3, -0.25) is 4.79 Å². The Bertz CT molecular complexity index is 293. The molecule has 2 aliphatic rings. The van der Waals surface area contributed by atoms with E-state index in [1.165, 1.54) is 6.42 Å². The zero-order chi connectivity index (χ0) is 13.1. The number of carbonyl (C=O) groups is 1. The van der Waals surface area contributed by atoms with Gasteiger partial charge in [-0.15, -0.1) is 0 Å². The van der Waals surface area contributed by atoms with Crippen molar-refractivity contribution in [1.29, 1.82) is 0 Å². The standard InChI is InChI=1S/C14H27N3O/c1-16(2)10-12-6-4-8-17(12)14(18)13-7-3-5-11(13)9-15/h11-13H,3-10,15H2,1-2H3. The van der Waals surface area contributed by atoms with Crippen LogP contribution in [0.4, 0.5) is 0 Å². The molecule has 2 rings (SSSR count). The summed E-state index contributed by atoms with van der Waals surface area (Å²) in [5.41, 5.74) is 5.80. The van der Waals surface area contributed by atoms with E-state index in [9.17, 15) is 4.79 Å². The van der Waals surface area contributed by atoms with Crippen molar-refractivity contribution in [2.75, 3.05) is 33.7 Å². The molecule has 0 radical (unpaired) electrons. The highest BCUT2D eigenvalue weighted by Crippen LogP contribution is 2.34. The van der Waals surface area contributed by atoms with Gasteiger partial charge in [-0.05, 0) is 52.2 Å². The van der Waals surface area contributed by atoms with Gasteiger partial charge in [0, 0.05) is 25.0 Å². The summed E-state index contributed by atoms with van der Waals surface area (Å²) in [4.78, 5) is 17.0. The van der Waals surface area contributed by atoms with Gasteiger partial charge in [0.05, 0.1) is 0 Å². The number of amides is 1. The Morgan fingerprint density at radius 2 is 2.06 bits per heavy atom. The van der Waals surface area contributed by atoms with E-state index in [2.05, 4.69) is 23.9 Å². The molecule has 0 aromatic heterocycles. The van der Waals surface area contributed by atoms with Crippen molar-refractivity contribution < 1.29 is 4.79 Å². The van der Waals surface area contributed by atoms with Crippen molar-refractivity contribution in [3.63, 3.8) is 0 Å². The second-order valence-electron chi connectivity index (χ2n) is 6.12. The highest BCUT2D eigenvalue weighted by atomic mass is 16.2. The lowest BCUT2D eigenvalue weighted by Crippen LogP contribution is -2.45. The summed E-state index contributed by atoms with van der Waals surface area (Å²) in [6, 6.07) is 0.423. The first-order valence-corrected chi connectivity index (χ1v) is 7.28. The lowest BCUT2D eigenvalue weighted by molar-refractivity contribution is -0.137. The number of hydrogen-bond donors (Lipinski definition) is 1. The minimum absolute atomic E-state index is 0.206. The average Bonchev–Trinajstić information content (AvgIpc) is 2.95. The summed E-state index contributed by atoms with van der Waals surface area (Å²) in [5, 5.41) is 0. The molecule has 0 spiro atoms. The first-order chi connectivity index (χ1) is 8.63. The van der Waals surface area contributed by atoms with E-state index in [1.54, 1.807) is 0 Å². The van der Waals surface area contributed by atoms with Crippen LogP contribution in [-0.4, -0.2) is 55.5 Å². The average molecular weight is 253 g/mol. The summed E-state index contributed by atoms with van der Waals surface area (Å²) >= 11 is 0. The zero-order valence-electron chi connectivity index (χ0n) is 11.8. The van der Waals surface area contributed by atoms with Crippen molar-refractivity contribution in [1.82, 2.24) is 9.80 Å². The maximum atomic E-state index is 12.7. The maximum Gasteiger partial charge on any atom is 0.226 e. The molecule has 1 aliphatic heterocycles. The summed E-state index contributed by atoms with van der Waals surface area (Å²) in [6.07, 6.45) is 5.67. The molecule has 0 aromatic rings. The Morgan fingerprint density at radius 3 is 2.72 bits per heavy atom. The number of rotatable bonds is 4. The number of nitrogens with zero attached hydrogens (tertiary/aromatic N) is 2. The summed E-state index contributed by atoms with van der Waals surface area (Å²) in [7, 11) is 4.17. The molecule has 3 atom stereocenters. The Labute approximate surface area is 110 Å². The zero-order valence-corrected chi connectivity index (χ0v) is 11.8. The number of carbonyl (C=O) groups excluding carboxylic acids is 1. The Kier molecular flexibility index (Phi) is 4.62. The van der Waals surface area contributed by atoms with Gasteiger partial charge in [0.2, 0.25) is 5.91 Å². The smallest absolute Gasteiger partial charge is 0.226 e. The fourth-order valence-corrected chi connectivity index (χ4v) is 3.59. The van der Waals surface area contributed by atoms with Crippen LogP contribution in [0.25, 0.3) is 0 Å². The van der Waals surface area contributed by atoms with E-state index in [0.29, 0.717) is 24.4 Å². The van der Waals surface area contributed by atoms with Crippen molar-refractivity contribution in [2.24, 2.45) is 17.6 Å². The molecule has 1 saturated carbocycles. The summed E-state index contributed by atoms with van der Waals surface area (Å²) in [5.74, 6) is 1.02.